The van der Waals surface area contributed by atoms with E-state index in [2.05, 4.69) is 9.97 Å². The van der Waals surface area contributed by atoms with E-state index in [1.54, 1.807) is 35.6 Å². The minimum absolute atomic E-state index is 0.275. The van der Waals surface area contributed by atoms with Crippen molar-refractivity contribution in [3.05, 3.63) is 47.1 Å². The number of aryl methyl sites for hydroxylation is 1. The molecular weight excluding hydrogens is 260 g/mol. The predicted octanol–water partition coefficient (Wildman–Crippen LogP) is 3.36. The third-order valence-electron chi connectivity index (χ3n) is 2.82. The first-order valence-corrected chi connectivity index (χ1v) is 6.59. The molecule has 0 aliphatic heterocycles. The van der Waals surface area contributed by atoms with Crippen molar-refractivity contribution in [2.24, 2.45) is 0 Å². The SMILES string of the molecule is Cc1nc(-c2ccc(C(=O)O)cc2)c2sccc2n1. The van der Waals surface area contributed by atoms with E-state index in [4.69, 9.17) is 5.11 Å². The summed E-state index contributed by atoms with van der Waals surface area (Å²) in [7, 11) is 0. The molecule has 0 bridgehead atoms. The number of fused-ring (bicyclic) bond motifs is 1. The Bertz CT molecular complexity index is 763. The number of rotatable bonds is 2. The average molecular weight is 270 g/mol. The molecule has 1 aromatic carbocycles. The van der Waals surface area contributed by atoms with Crippen LogP contribution in [0.1, 0.15) is 16.2 Å². The fourth-order valence-electron chi connectivity index (χ4n) is 1.95. The third kappa shape index (κ3) is 2.08. The number of carboxylic acids is 1. The number of thiophene rings is 1. The molecule has 5 heteroatoms. The summed E-state index contributed by atoms with van der Waals surface area (Å²) >= 11 is 1.59. The first kappa shape index (κ1) is 11.8. The van der Waals surface area contributed by atoms with E-state index in [0.717, 1.165) is 21.5 Å². The first-order chi connectivity index (χ1) is 9.15. The number of nitrogens with zero attached hydrogens (tertiary/aromatic N) is 2. The Kier molecular flexibility index (Phi) is 2.76. The van der Waals surface area contributed by atoms with E-state index in [9.17, 15) is 4.79 Å². The second-order valence-corrected chi connectivity index (χ2v) is 5.05. The van der Waals surface area contributed by atoms with Gasteiger partial charge in [-0.15, -0.1) is 11.3 Å². The quantitative estimate of drug-likeness (QED) is 0.775. The minimum Gasteiger partial charge on any atom is -0.478 e. The Hall–Kier alpha value is -2.27. The van der Waals surface area contributed by atoms with Gasteiger partial charge < -0.3 is 5.11 Å². The number of hydrogen-bond acceptors (Lipinski definition) is 4. The Labute approximate surface area is 113 Å². The fourth-order valence-corrected chi connectivity index (χ4v) is 2.79. The van der Waals surface area contributed by atoms with Crippen molar-refractivity contribution in [2.75, 3.05) is 0 Å². The van der Waals surface area contributed by atoms with Crippen LogP contribution in [0.15, 0.2) is 35.7 Å². The molecule has 0 fully saturated rings. The lowest BCUT2D eigenvalue weighted by Gasteiger charge is -2.04. The summed E-state index contributed by atoms with van der Waals surface area (Å²) in [5, 5.41) is 10.9. The van der Waals surface area contributed by atoms with Crippen molar-refractivity contribution in [1.82, 2.24) is 9.97 Å². The minimum atomic E-state index is -0.924. The van der Waals surface area contributed by atoms with E-state index < -0.39 is 5.97 Å². The van der Waals surface area contributed by atoms with Gasteiger partial charge in [-0.05, 0) is 30.5 Å². The Morgan fingerprint density at radius 2 is 1.89 bits per heavy atom. The summed E-state index contributed by atoms with van der Waals surface area (Å²) in [6, 6.07) is 8.71. The summed E-state index contributed by atoms with van der Waals surface area (Å²) in [5.41, 5.74) is 2.96. The molecule has 3 aromatic rings. The van der Waals surface area contributed by atoms with Gasteiger partial charge in [-0.25, -0.2) is 14.8 Å². The number of aromatic carboxylic acids is 1. The lowest BCUT2D eigenvalue weighted by molar-refractivity contribution is 0.0697. The molecule has 2 heterocycles. The Balaban J connectivity index is 2.18. The van der Waals surface area contributed by atoms with E-state index in [-0.39, 0.29) is 5.56 Å². The first-order valence-electron chi connectivity index (χ1n) is 5.71. The molecule has 2 aromatic heterocycles. The fraction of sp³-hybridized carbons (Fsp3) is 0.0714. The van der Waals surface area contributed by atoms with Crippen LogP contribution in [-0.2, 0) is 0 Å². The van der Waals surface area contributed by atoms with E-state index in [0.29, 0.717) is 5.82 Å². The van der Waals surface area contributed by atoms with Gasteiger partial charge in [-0.1, -0.05) is 12.1 Å². The molecule has 4 nitrogen and oxygen atoms in total. The second-order valence-electron chi connectivity index (χ2n) is 4.14. The predicted molar refractivity (Wildman–Crippen MR) is 74.5 cm³/mol. The van der Waals surface area contributed by atoms with Crippen molar-refractivity contribution in [2.45, 2.75) is 6.92 Å². The highest BCUT2D eigenvalue weighted by Gasteiger charge is 2.10. The summed E-state index contributed by atoms with van der Waals surface area (Å²) in [4.78, 5) is 19.7. The topological polar surface area (TPSA) is 63.1 Å². The highest BCUT2D eigenvalue weighted by molar-refractivity contribution is 7.17. The highest BCUT2D eigenvalue weighted by atomic mass is 32.1. The number of carboxylic acid groups (broad SMARTS) is 1. The molecule has 3 rings (SSSR count). The summed E-state index contributed by atoms with van der Waals surface area (Å²) in [5.74, 6) is -0.213. The van der Waals surface area contributed by atoms with Crippen LogP contribution >= 0.6 is 11.3 Å². The van der Waals surface area contributed by atoms with Gasteiger partial charge in [0.15, 0.2) is 0 Å². The second kappa shape index (κ2) is 4.44. The molecule has 0 saturated heterocycles. The van der Waals surface area contributed by atoms with Crippen molar-refractivity contribution in [1.29, 1.82) is 0 Å². The number of benzene rings is 1. The normalized spacial score (nSPS) is 10.8. The Morgan fingerprint density at radius 1 is 1.16 bits per heavy atom. The van der Waals surface area contributed by atoms with E-state index >= 15 is 0 Å². The summed E-state index contributed by atoms with van der Waals surface area (Å²) < 4.78 is 1.02. The van der Waals surface area contributed by atoms with Crippen LogP contribution in [0, 0.1) is 6.92 Å². The maximum absolute atomic E-state index is 10.9. The van der Waals surface area contributed by atoms with Crippen molar-refractivity contribution < 1.29 is 9.90 Å². The van der Waals surface area contributed by atoms with Gasteiger partial charge in [-0.2, -0.15) is 0 Å². The molecule has 94 valence electrons. The molecular formula is C14H10N2O2S. The van der Waals surface area contributed by atoms with Gasteiger partial charge in [0.25, 0.3) is 0 Å². The van der Waals surface area contributed by atoms with Gasteiger partial charge in [0, 0.05) is 5.56 Å². The number of aromatic nitrogens is 2. The van der Waals surface area contributed by atoms with Crippen LogP contribution in [0.2, 0.25) is 0 Å². The lowest BCUT2D eigenvalue weighted by atomic mass is 10.1. The molecule has 0 spiro atoms. The van der Waals surface area contributed by atoms with Gasteiger partial charge in [-0.3, -0.25) is 0 Å². The zero-order chi connectivity index (χ0) is 13.4. The maximum atomic E-state index is 10.9. The summed E-state index contributed by atoms with van der Waals surface area (Å²) in [6.45, 7) is 1.85. The highest BCUT2D eigenvalue weighted by Crippen LogP contribution is 2.30. The molecule has 0 radical (unpaired) electrons. The lowest BCUT2D eigenvalue weighted by Crippen LogP contribution is -1.96. The zero-order valence-electron chi connectivity index (χ0n) is 10.1. The Morgan fingerprint density at radius 3 is 2.58 bits per heavy atom. The standard InChI is InChI=1S/C14H10N2O2S/c1-8-15-11-6-7-19-13(11)12(16-8)9-2-4-10(5-3-9)14(17)18/h2-7H,1H3,(H,17,18). The van der Waals surface area contributed by atoms with Crippen LogP contribution in [0.4, 0.5) is 0 Å². The molecule has 0 amide bonds. The molecule has 0 saturated carbocycles. The molecule has 1 N–H and O–H groups in total. The number of carbonyl (C=O) groups is 1. The molecule has 0 aliphatic rings. The zero-order valence-corrected chi connectivity index (χ0v) is 10.9. The number of hydrogen-bond donors (Lipinski definition) is 1. The average Bonchev–Trinajstić information content (AvgIpc) is 2.85. The van der Waals surface area contributed by atoms with E-state index in [1.807, 2.05) is 18.4 Å². The van der Waals surface area contributed by atoms with Gasteiger partial charge >= 0.3 is 5.97 Å². The van der Waals surface area contributed by atoms with Crippen molar-refractivity contribution in [3.63, 3.8) is 0 Å². The van der Waals surface area contributed by atoms with Gasteiger partial charge in [0.05, 0.1) is 21.5 Å². The van der Waals surface area contributed by atoms with Crippen molar-refractivity contribution >= 4 is 27.5 Å². The van der Waals surface area contributed by atoms with Crippen LogP contribution in [0.3, 0.4) is 0 Å². The van der Waals surface area contributed by atoms with Crippen LogP contribution in [0.25, 0.3) is 21.5 Å². The molecule has 0 atom stereocenters. The van der Waals surface area contributed by atoms with Gasteiger partial charge in [0.2, 0.25) is 0 Å². The smallest absolute Gasteiger partial charge is 0.335 e. The van der Waals surface area contributed by atoms with Crippen LogP contribution in [0.5, 0.6) is 0 Å². The van der Waals surface area contributed by atoms with Crippen LogP contribution in [-0.4, -0.2) is 21.0 Å². The van der Waals surface area contributed by atoms with Crippen molar-refractivity contribution in [3.8, 4) is 11.3 Å². The molecule has 0 aliphatic carbocycles. The summed E-state index contributed by atoms with van der Waals surface area (Å²) in [6.07, 6.45) is 0. The van der Waals surface area contributed by atoms with Crippen LogP contribution < -0.4 is 0 Å². The van der Waals surface area contributed by atoms with Gasteiger partial charge in [0.1, 0.15) is 5.82 Å². The molecule has 19 heavy (non-hydrogen) atoms. The van der Waals surface area contributed by atoms with E-state index in [1.165, 1.54) is 0 Å². The monoisotopic (exact) mass is 270 g/mol. The largest absolute Gasteiger partial charge is 0.478 e. The maximum Gasteiger partial charge on any atom is 0.335 e. The third-order valence-corrected chi connectivity index (χ3v) is 3.73. The molecule has 0 unspecified atom stereocenters.